The summed E-state index contributed by atoms with van der Waals surface area (Å²) in [7, 11) is 0. The van der Waals surface area contributed by atoms with Crippen LogP contribution in [0.1, 0.15) is 43.1 Å². The van der Waals surface area contributed by atoms with Crippen LogP contribution in [0.5, 0.6) is 0 Å². The van der Waals surface area contributed by atoms with Crippen molar-refractivity contribution >= 4 is 0 Å². The van der Waals surface area contributed by atoms with Gasteiger partial charge in [0.2, 0.25) is 0 Å². The highest BCUT2D eigenvalue weighted by Crippen LogP contribution is 2.38. The molecule has 3 rings (SSSR count). The molecule has 0 atom stereocenters. The summed E-state index contributed by atoms with van der Waals surface area (Å²) < 4.78 is 1.86. The van der Waals surface area contributed by atoms with E-state index in [2.05, 4.69) is 10.3 Å². The first kappa shape index (κ1) is 11.9. The minimum absolute atomic E-state index is 0.142. The van der Waals surface area contributed by atoms with Crippen LogP contribution in [0, 0.1) is 12.8 Å². The lowest BCUT2D eigenvalue weighted by Gasteiger charge is -2.24. The molecule has 1 aliphatic heterocycles. The maximum Gasteiger partial charge on any atom is 0.253 e. The van der Waals surface area contributed by atoms with Gasteiger partial charge in [-0.3, -0.25) is 9.36 Å². The number of aryl methyl sites for hydroxylation is 1. The maximum atomic E-state index is 12.2. The van der Waals surface area contributed by atoms with E-state index in [0.717, 1.165) is 44.0 Å². The van der Waals surface area contributed by atoms with Crippen molar-refractivity contribution in [1.82, 2.24) is 14.9 Å². The van der Waals surface area contributed by atoms with Gasteiger partial charge >= 0.3 is 0 Å². The molecule has 1 saturated heterocycles. The van der Waals surface area contributed by atoms with Gasteiger partial charge in [0.1, 0.15) is 5.82 Å². The molecule has 1 aromatic rings. The molecular formula is C14H21N3O. The van der Waals surface area contributed by atoms with E-state index in [1.807, 2.05) is 11.5 Å². The molecule has 18 heavy (non-hydrogen) atoms. The topological polar surface area (TPSA) is 46.9 Å². The van der Waals surface area contributed by atoms with Crippen LogP contribution < -0.4 is 10.9 Å². The van der Waals surface area contributed by atoms with E-state index in [1.165, 1.54) is 12.8 Å². The molecule has 1 N–H and O–H groups in total. The van der Waals surface area contributed by atoms with Gasteiger partial charge in [0.15, 0.2) is 0 Å². The predicted octanol–water partition coefficient (Wildman–Crippen LogP) is 1.43. The Morgan fingerprint density at radius 1 is 1.33 bits per heavy atom. The van der Waals surface area contributed by atoms with Crippen molar-refractivity contribution < 1.29 is 0 Å². The second-order valence-corrected chi connectivity index (χ2v) is 5.64. The molecule has 1 aliphatic carbocycles. The predicted molar refractivity (Wildman–Crippen MR) is 70.8 cm³/mol. The van der Waals surface area contributed by atoms with Crippen molar-refractivity contribution in [3.8, 4) is 0 Å². The lowest BCUT2D eigenvalue weighted by molar-refractivity contribution is 0.325. The van der Waals surface area contributed by atoms with Crippen LogP contribution in [0.4, 0.5) is 0 Å². The summed E-state index contributed by atoms with van der Waals surface area (Å²) in [6, 6.07) is 1.76. The molecule has 0 bridgehead atoms. The Hall–Kier alpha value is -1.16. The van der Waals surface area contributed by atoms with Crippen LogP contribution in [0.25, 0.3) is 0 Å². The molecule has 2 fully saturated rings. The molecule has 98 valence electrons. The fourth-order valence-corrected chi connectivity index (χ4v) is 2.78. The van der Waals surface area contributed by atoms with Crippen molar-refractivity contribution in [2.24, 2.45) is 5.92 Å². The normalized spacial score (nSPS) is 21.2. The fraction of sp³-hybridized carbons (Fsp3) is 0.714. The average molecular weight is 247 g/mol. The zero-order valence-electron chi connectivity index (χ0n) is 11.0. The van der Waals surface area contributed by atoms with E-state index in [-0.39, 0.29) is 5.56 Å². The minimum atomic E-state index is 0.142. The van der Waals surface area contributed by atoms with Gasteiger partial charge in [0.25, 0.3) is 5.56 Å². The van der Waals surface area contributed by atoms with E-state index < -0.39 is 0 Å². The molecule has 0 unspecified atom stereocenters. The summed E-state index contributed by atoms with van der Waals surface area (Å²) in [6.45, 7) is 4.96. The first-order valence-corrected chi connectivity index (χ1v) is 7.03. The molecule has 1 saturated carbocycles. The molecular weight excluding hydrogens is 226 g/mol. The lowest BCUT2D eigenvalue weighted by atomic mass is 9.98. The van der Waals surface area contributed by atoms with Crippen molar-refractivity contribution in [2.75, 3.05) is 13.1 Å². The van der Waals surface area contributed by atoms with Gasteiger partial charge in [-0.15, -0.1) is 0 Å². The highest BCUT2D eigenvalue weighted by atomic mass is 16.1. The monoisotopic (exact) mass is 247 g/mol. The van der Waals surface area contributed by atoms with Crippen molar-refractivity contribution in [2.45, 2.75) is 45.1 Å². The molecule has 1 aromatic heterocycles. The van der Waals surface area contributed by atoms with Crippen LogP contribution in [-0.2, 0) is 6.54 Å². The highest BCUT2D eigenvalue weighted by molar-refractivity contribution is 5.14. The highest BCUT2D eigenvalue weighted by Gasteiger charge is 2.26. The molecule has 0 amide bonds. The Kier molecular flexibility index (Phi) is 3.20. The second-order valence-electron chi connectivity index (χ2n) is 5.64. The Bertz CT molecular complexity index is 484. The fourth-order valence-electron chi connectivity index (χ4n) is 2.78. The number of rotatable bonds is 3. The first-order valence-electron chi connectivity index (χ1n) is 7.03. The standard InChI is InChI=1S/C14H21N3O/c1-10-16-13(12-2-3-12)8-14(18)17(10)9-11-4-6-15-7-5-11/h8,11-12,15H,2-7,9H2,1H3. The van der Waals surface area contributed by atoms with Gasteiger partial charge in [-0.05, 0) is 51.6 Å². The van der Waals surface area contributed by atoms with Crippen LogP contribution in [0.3, 0.4) is 0 Å². The molecule has 2 heterocycles. The van der Waals surface area contributed by atoms with Crippen LogP contribution in [0.15, 0.2) is 10.9 Å². The van der Waals surface area contributed by atoms with E-state index in [9.17, 15) is 4.79 Å². The van der Waals surface area contributed by atoms with Crippen molar-refractivity contribution in [1.29, 1.82) is 0 Å². The van der Waals surface area contributed by atoms with Crippen molar-refractivity contribution in [3.63, 3.8) is 0 Å². The largest absolute Gasteiger partial charge is 0.317 e. The maximum absolute atomic E-state index is 12.2. The zero-order valence-corrected chi connectivity index (χ0v) is 11.0. The van der Waals surface area contributed by atoms with Gasteiger partial charge < -0.3 is 5.32 Å². The number of nitrogens with one attached hydrogen (secondary N) is 1. The molecule has 4 nitrogen and oxygen atoms in total. The molecule has 0 radical (unpaired) electrons. The first-order chi connectivity index (χ1) is 8.74. The minimum Gasteiger partial charge on any atom is -0.317 e. The Morgan fingerprint density at radius 2 is 2.06 bits per heavy atom. The number of nitrogens with zero attached hydrogens (tertiary/aromatic N) is 2. The summed E-state index contributed by atoms with van der Waals surface area (Å²) in [5.41, 5.74) is 1.15. The molecule has 0 spiro atoms. The summed E-state index contributed by atoms with van der Waals surface area (Å²) in [5, 5.41) is 3.36. The second kappa shape index (κ2) is 4.84. The zero-order chi connectivity index (χ0) is 12.5. The number of hydrogen-bond donors (Lipinski definition) is 1. The van der Waals surface area contributed by atoms with Crippen LogP contribution >= 0.6 is 0 Å². The Labute approximate surface area is 107 Å². The quantitative estimate of drug-likeness (QED) is 0.879. The number of piperidine rings is 1. The summed E-state index contributed by atoms with van der Waals surface area (Å²) in [5.74, 6) is 2.07. The Balaban J connectivity index is 1.80. The van der Waals surface area contributed by atoms with Gasteiger partial charge in [-0.1, -0.05) is 0 Å². The van der Waals surface area contributed by atoms with E-state index >= 15 is 0 Å². The SMILES string of the molecule is Cc1nc(C2CC2)cc(=O)n1CC1CCNCC1. The smallest absolute Gasteiger partial charge is 0.253 e. The third-order valence-electron chi connectivity index (χ3n) is 4.11. The number of hydrogen-bond acceptors (Lipinski definition) is 3. The Morgan fingerprint density at radius 3 is 2.67 bits per heavy atom. The molecule has 2 aliphatic rings. The van der Waals surface area contributed by atoms with Crippen LogP contribution in [-0.4, -0.2) is 22.6 Å². The van der Waals surface area contributed by atoms with E-state index in [1.54, 1.807) is 6.07 Å². The van der Waals surface area contributed by atoms with Gasteiger partial charge in [0, 0.05) is 18.5 Å². The molecule has 0 aromatic carbocycles. The van der Waals surface area contributed by atoms with E-state index in [0.29, 0.717) is 11.8 Å². The lowest BCUT2D eigenvalue weighted by Crippen LogP contribution is -2.33. The third-order valence-corrected chi connectivity index (χ3v) is 4.11. The summed E-state index contributed by atoms with van der Waals surface area (Å²) in [6.07, 6.45) is 4.72. The van der Waals surface area contributed by atoms with Crippen LogP contribution in [0.2, 0.25) is 0 Å². The van der Waals surface area contributed by atoms with Gasteiger partial charge in [-0.2, -0.15) is 0 Å². The summed E-state index contributed by atoms with van der Waals surface area (Å²) in [4.78, 5) is 16.8. The average Bonchev–Trinajstić information content (AvgIpc) is 3.19. The van der Waals surface area contributed by atoms with Gasteiger partial charge in [-0.25, -0.2) is 4.98 Å². The van der Waals surface area contributed by atoms with E-state index in [4.69, 9.17) is 0 Å². The third kappa shape index (κ3) is 2.48. The summed E-state index contributed by atoms with van der Waals surface area (Å²) >= 11 is 0. The van der Waals surface area contributed by atoms with Crippen molar-refractivity contribution in [3.05, 3.63) is 27.9 Å². The molecule has 4 heteroatoms. The van der Waals surface area contributed by atoms with Gasteiger partial charge in [0.05, 0.1) is 5.69 Å². The number of aromatic nitrogens is 2.